The maximum absolute atomic E-state index is 13.8. The average molecular weight is 253 g/mol. The maximum Gasteiger partial charge on any atom is 0.293 e. The molecule has 0 saturated carbocycles. The molecule has 0 radical (unpaired) electrons. The summed E-state index contributed by atoms with van der Waals surface area (Å²) in [5.41, 5.74) is 5.70. The SMILES string of the molecule is C[C@@](N)(c1ccccc1F)[C@H]1COC[C@H]1OC=O. The molecule has 2 rings (SSSR count). The molecular formula is C13H16FNO3. The van der Waals surface area contributed by atoms with Gasteiger partial charge in [-0.15, -0.1) is 0 Å². The van der Waals surface area contributed by atoms with Crippen molar-refractivity contribution in [2.75, 3.05) is 13.2 Å². The standard InChI is InChI=1S/C13H16FNO3/c1-13(15,9-4-2-3-5-11(9)14)10-6-17-7-12(10)18-8-16/h2-5,8,10,12H,6-7,15H2,1H3/t10-,12+,13+/m0/s1. The third kappa shape index (κ3) is 2.23. The van der Waals surface area contributed by atoms with Crippen LogP contribution in [0.2, 0.25) is 0 Å². The summed E-state index contributed by atoms with van der Waals surface area (Å²) in [5, 5.41) is 0. The van der Waals surface area contributed by atoms with Crippen molar-refractivity contribution in [1.29, 1.82) is 0 Å². The lowest BCUT2D eigenvalue weighted by Gasteiger charge is -2.34. The second-order valence-corrected chi connectivity index (χ2v) is 4.68. The number of halogens is 1. The molecule has 3 atom stereocenters. The van der Waals surface area contributed by atoms with Crippen molar-refractivity contribution < 1.29 is 18.7 Å². The first kappa shape index (κ1) is 13.0. The van der Waals surface area contributed by atoms with Crippen LogP contribution in [0.15, 0.2) is 24.3 Å². The first-order valence-corrected chi connectivity index (χ1v) is 5.78. The molecular weight excluding hydrogens is 237 g/mol. The fourth-order valence-corrected chi connectivity index (χ4v) is 2.40. The topological polar surface area (TPSA) is 61.6 Å². The van der Waals surface area contributed by atoms with E-state index < -0.39 is 11.6 Å². The van der Waals surface area contributed by atoms with Gasteiger partial charge in [-0.25, -0.2) is 4.39 Å². The molecule has 4 nitrogen and oxygen atoms in total. The van der Waals surface area contributed by atoms with E-state index in [9.17, 15) is 9.18 Å². The van der Waals surface area contributed by atoms with Gasteiger partial charge in [0.15, 0.2) is 0 Å². The Bertz CT molecular complexity index is 436. The molecule has 0 amide bonds. The van der Waals surface area contributed by atoms with Gasteiger partial charge in [-0.3, -0.25) is 4.79 Å². The summed E-state index contributed by atoms with van der Waals surface area (Å²) in [7, 11) is 0. The molecule has 0 unspecified atom stereocenters. The van der Waals surface area contributed by atoms with Gasteiger partial charge >= 0.3 is 0 Å². The van der Waals surface area contributed by atoms with Crippen molar-refractivity contribution in [3.05, 3.63) is 35.6 Å². The Morgan fingerprint density at radius 3 is 2.89 bits per heavy atom. The fraction of sp³-hybridized carbons (Fsp3) is 0.462. The van der Waals surface area contributed by atoms with Crippen molar-refractivity contribution in [2.24, 2.45) is 11.7 Å². The highest BCUT2D eigenvalue weighted by molar-refractivity contribution is 5.38. The molecule has 1 saturated heterocycles. The van der Waals surface area contributed by atoms with E-state index in [4.69, 9.17) is 15.2 Å². The fourth-order valence-electron chi connectivity index (χ4n) is 2.40. The lowest BCUT2D eigenvalue weighted by atomic mass is 9.78. The number of hydrogen-bond acceptors (Lipinski definition) is 4. The van der Waals surface area contributed by atoms with Crippen LogP contribution in [0, 0.1) is 11.7 Å². The van der Waals surface area contributed by atoms with Gasteiger partial charge < -0.3 is 15.2 Å². The van der Waals surface area contributed by atoms with Crippen molar-refractivity contribution in [3.63, 3.8) is 0 Å². The van der Waals surface area contributed by atoms with E-state index in [1.807, 2.05) is 0 Å². The minimum Gasteiger partial charge on any atom is -0.462 e. The van der Waals surface area contributed by atoms with E-state index in [1.165, 1.54) is 6.07 Å². The molecule has 2 N–H and O–H groups in total. The van der Waals surface area contributed by atoms with Crippen LogP contribution in [0.5, 0.6) is 0 Å². The third-order valence-corrected chi connectivity index (χ3v) is 3.48. The van der Waals surface area contributed by atoms with Gasteiger partial charge in [0.25, 0.3) is 6.47 Å². The molecule has 1 aliphatic heterocycles. The highest BCUT2D eigenvalue weighted by Gasteiger charge is 2.43. The number of benzene rings is 1. The lowest BCUT2D eigenvalue weighted by molar-refractivity contribution is -0.135. The van der Waals surface area contributed by atoms with Crippen LogP contribution in [0.1, 0.15) is 12.5 Å². The first-order valence-electron chi connectivity index (χ1n) is 5.78. The third-order valence-electron chi connectivity index (χ3n) is 3.48. The van der Waals surface area contributed by atoms with Gasteiger partial charge in [0.1, 0.15) is 11.9 Å². The lowest BCUT2D eigenvalue weighted by Crippen LogP contribution is -2.47. The number of ether oxygens (including phenoxy) is 2. The normalized spacial score (nSPS) is 26.6. The van der Waals surface area contributed by atoms with E-state index in [-0.39, 0.29) is 11.7 Å². The number of carbonyl (C=O) groups is 1. The Kier molecular flexibility index (Phi) is 3.63. The van der Waals surface area contributed by atoms with E-state index in [0.717, 1.165) is 0 Å². The molecule has 0 aromatic heterocycles. The molecule has 98 valence electrons. The Morgan fingerprint density at radius 1 is 1.50 bits per heavy atom. The Hall–Kier alpha value is -1.46. The van der Waals surface area contributed by atoms with Gasteiger partial charge in [0.05, 0.1) is 13.2 Å². The highest BCUT2D eigenvalue weighted by atomic mass is 19.1. The van der Waals surface area contributed by atoms with Crippen LogP contribution in [0.25, 0.3) is 0 Å². The smallest absolute Gasteiger partial charge is 0.293 e. The van der Waals surface area contributed by atoms with Crippen molar-refractivity contribution in [2.45, 2.75) is 18.6 Å². The van der Waals surface area contributed by atoms with Crippen LogP contribution in [0.4, 0.5) is 4.39 Å². The van der Waals surface area contributed by atoms with Crippen LogP contribution >= 0.6 is 0 Å². The Labute approximate surface area is 105 Å². The summed E-state index contributed by atoms with van der Waals surface area (Å²) in [4.78, 5) is 10.4. The largest absolute Gasteiger partial charge is 0.462 e. The molecule has 1 aliphatic rings. The Balaban J connectivity index is 2.30. The Morgan fingerprint density at radius 2 is 2.22 bits per heavy atom. The number of hydrogen-bond donors (Lipinski definition) is 1. The highest BCUT2D eigenvalue weighted by Crippen LogP contribution is 2.35. The molecule has 1 aromatic rings. The van der Waals surface area contributed by atoms with Gasteiger partial charge in [0.2, 0.25) is 0 Å². The van der Waals surface area contributed by atoms with E-state index in [2.05, 4.69) is 0 Å². The van der Waals surface area contributed by atoms with Gasteiger partial charge in [-0.2, -0.15) is 0 Å². The zero-order chi connectivity index (χ0) is 13.2. The van der Waals surface area contributed by atoms with E-state index in [0.29, 0.717) is 25.2 Å². The first-order chi connectivity index (χ1) is 8.57. The van der Waals surface area contributed by atoms with E-state index >= 15 is 0 Å². The summed E-state index contributed by atoms with van der Waals surface area (Å²) in [6.07, 6.45) is -0.433. The zero-order valence-electron chi connectivity index (χ0n) is 10.1. The second kappa shape index (κ2) is 5.04. The summed E-state index contributed by atoms with van der Waals surface area (Å²) < 4.78 is 24.1. The number of nitrogens with two attached hydrogens (primary N) is 1. The van der Waals surface area contributed by atoms with Crippen LogP contribution in [0.3, 0.4) is 0 Å². The molecule has 1 heterocycles. The van der Waals surface area contributed by atoms with Crippen LogP contribution in [-0.2, 0) is 19.8 Å². The van der Waals surface area contributed by atoms with Gasteiger partial charge in [-0.1, -0.05) is 18.2 Å². The molecule has 1 aromatic carbocycles. The monoisotopic (exact) mass is 253 g/mol. The summed E-state index contributed by atoms with van der Waals surface area (Å²) >= 11 is 0. The van der Waals surface area contributed by atoms with Crippen molar-refractivity contribution in [3.8, 4) is 0 Å². The van der Waals surface area contributed by atoms with Crippen LogP contribution < -0.4 is 5.73 Å². The molecule has 1 fully saturated rings. The van der Waals surface area contributed by atoms with Crippen molar-refractivity contribution in [1.82, 2.24) is 0 Å². The molecule has 18 heavy (non-hydrogen) atoms. The van der Waals surface area contributed by atoms with Crippen LogP contribution in [-0.4, -0.2) is 25.8 Å². The average Bonchev–Trinajstić information content (AvgIpc) is 2.79. The predicted octanol–water partition coefficient (Wildman–Crippen LogP) is 1.19. The molecule has 0 aliphatic carbocycles. The molecule has 5 heteroatoms. The minimum absolute atomic E-state index is 0.264. The quantitative estimate of drug-likeness (QED) is 0.819. The zero-order valence-corrected chi connectivity index (χ0v) is 10.1. The minimum atomic E-state index is -0.949. The summed E-state index contributed by atoms with van der Waals surface area (Å²) in [6, 6.07) is 6.35. The predicted molar refractivity (Wildman–Crippen MR) is 63.2 cm³/mol. The van der Waals surface area contributed by atoms with Crippen molar-refractivity contribution >= 4 is 6.47 Å². The second-order valence-electron chi connectivity index (χ2n) is 4.68. The molecule has 0 spiro atoms. The number of rotatable bonds is 4. The summed E-state index contributed by atoms with van der Waals surface area (Å²) in [6.45, 7) is 2.75. The van der Waals surface area contributed by atoms with Gasteiger partial charge in [0, 0.05) is 17.0 Å². The summed E-state index contributed by atoms with van der Waals surface area (Å²) in [5.74, 6) is -0.626. The van der Waals surface area contributed by atoms with Gasteiger partial charge in [-0.05, 0) is 13.0 Å². The maximum atomic E-state index is 13.8. The van der Waals surface area contributed by atoms with E-state index in [1.54, 1.807) is 25.1 Å². The number of carbonyl (C=O) groups excluding carboxylic acids is 1. The molecule has 0 bridgehead atoms.